The maximum atomic E-state index is 14.2. The molecule has 27 heavy (non-hydrogen) atoms. The van der Waals surface area contributed by atoms with Crippen LogP contribution in [0.15, 0.2) is 30.3 Å². The second kappa shape index (κ2) is 6.87. The fraction of sp³-hybridized carbons (Fsp3) is 0.222. The summed E-state index contributed by atoms with van der Waals surface area (Å²) in [5, 5.41) is 9.39. The Morgan fingerprint density at radius 2 is 1.74 bits per heavy atom. The van der Waals surface area contributed by atoms with Crippen LogP contribution in [0.5, 0.6) is 0 Å². The van der Waals surface area contributed by atoms with Gasteiger partial charge in [0.1, 0.15) is 6.07 Å². The van der Waals surface area contributed by atoms with E-state index >= 15 is 0 Å². The van der Waals surface area contributed by atoms with Crippen LogP contribution in [0, 0.1) is 18.3 Å². The maximum Gasteiger partial charge on any atom is 0.458 e. The van der Waals surface area contributed by atoms with Gasteiger partial charge in [-0.05, 0) is 24.1 Å². The Hall–Kier alpha value is -3.15. The summed E-state index contributed by atoms with van der Waals surface area (Å²) in [6.45, 7) is 1.59. The zero-order valence-corrected chi connectivity index (χ0v) is 14.1. The maximum absolute atomic E-state index is 14.2. The summed E-state index contributed by atoms with van der Waals surface area (Å²) in [6.07, 6.45) is -5.99. The number of carbonyl (C=O) groups is 1. The van der Waals surface area contributed by atoms with E-state index in [0.717, 1.165) is 7.11 Å². The van der Waals surface area contributed by atoms with Crippen molar-refractivity contribution in [2.24, 2.45) is 0 Å². The summed E-state index contributed by atoms with van der Waals surface area (Å²) in [5.41, 5.74) is 2.13. The largest absolute Gasteiger partial charge is 0.465 e. The topological polar surface area (TPSA) is 76.1 Å². The molecule has 0 heterocycles. The highest BCUT2D eigenvalue weighted by atomic mass is 19.4. The number of anilines is 1. The van der Waals surface area contributed by atoms with Crippen LogP contribution in [-0.2, 0) is 10.7 Å². The minimum absolute atomic E-state index is 0.233. The number of alkyl halides is 5. The highest BCUT2D eigenvalue weighted by Crippen LogP contribution is 2.48. The lowest BCUT2D eigenvalue weighted by Gasteiger charge is -2.24. The molecule has 0 fully saturated rings. The number of halogens is 5. The van der Waals surface area contributed by atoms with Gasteiger partial charge in [0.05, 0.1) is 23.9 Å². The monoisotopic (exact) mass is 384 g/mol. The number of nitrogens with two attached hydrogens (primary N) is 1. The van der Waals surface area contributed by atoms with Crippen LogP contribution in [0.4, 0.5) is 27.6 Å². The van der Waals surface area contributed by atoms with Crippen molar-refractivity contribution in [1.29, 1.82) is 5.26 Å². The van der Waals surface area contributed by atoms with Crippen LogP contribution >= 0.6 is 0 Å². The predicted octanol–water partition coefficient (Wildman–Crippen LogP) is 4.56. The molecule has 2 aromatic rings. The number of nitrogens with zero attached hydrogens (tertiary/aromatic N) is 1. The molecule has 0 aromatic heterocycles. The van der Waals surface area contributed by atoms with Gasteiger partial charge in [0.25, 0.3) is 0 Å². The molecule has 0 saturated carbocycles. The molecule has 0 aliphatic heterocycles. The number of hydrogen-bond donors (Lipinski definition) is 1. The molecule has 2 N–H and O–H groups in total. The van der Waals surface area contributed by atoms with Crippen LogP contribution < -0.4 is 5.73 Å². The third-order valence-electron chi connectivity index (χ3n) is 4.00. The van der Waals surface area contributed by atoms with Gasteiger partial charge in [-0.2, -0.15) is 27.2 Å². The average Bonchev–Trinajstić information content (AvgIpc) is 2.59. The number of nitriles is 1. The molecule has 2 aromatic carbocycles. The Morgan fingerprint density at radius 3 is 2.22 bits per heavy atom. The van der Waals surface area contributed by atoms with Crippen LogP contribution in [0.2, 0.25) is 0 Å². The van der Waals surface area contributed by atoms with E-state index in [2.05, 4.69) is 4.74 Å². The average molecular weight is 384 g/mol. The third kappa shape index (κ3) is 3.30. The van der Waals surface area contributed by atoms with E-state index in [1.165, 1.54) is 12.1 Å². The van der Waals surface area contributed by atoms with Crippen LogP contribution in [-0.4, -0.2) is 19.3 Å². The Balaban J connectivity index is 3.01. The van der Waals surface area contributed by atoms with Crippen molar-refractivity contribution in [2.45, 2.75) is 19.0 Å². The molecule has 0 bridgehead atoms. The van der Waals surface area contributed by atoms with E-state index in [0.29, 0.717) is 11.6 Å². The van der Waals surface area contributed by atoms with Crippen molar-refractivity contribution >= 4 is 11.7 Å². The standard InChI is InChI=1S/C18H13F5N2O2/c1-9-5-3-4-6-10(9)11-7-13(17(19,20)18(21,22)23)14(16(26)27-2)15(25)12(11)8-24/h3-7H,25H2,1-2H3. The van der Waals surface area contributed by atoms with Gasteiger partial charge in [-0.1, -0.05) is 24.3 Å². The normalized spacial score (nSPS) is 11.8. The lowest BCUT2D eigenvalue weighted by atomic mass is 9.88. The number of esters is 1. The molecular formula is C18H13F5N2O2. The van der Waals surface area contributed by atoms with Gasteiger partial charge < -0.3 is 10.5 Å². The highest BCUT2D eigenvalue weighted by Gasteiger charge is 2.60. The molecule has 0 atom stereocenters. The third-order valence-corrected chi connectivity index (χ3v) is 4.00. The molecule has 142 valence electrons. The molecule has 2 rings (SSSR count). The minimum atomic E-state index is -5.99. The summed E-state index contributed by atoms with van der Waals surface area (Å²) in [5.74, 6) is -6.89. The molecule has 0 aliphatic rings. The molecule has 0 spiro atoms. The Labute approximate surface area is 151 Å². The lowest BCUT2D eigenvalue weighted by Crippen LogP contribution is -2.36. The zero-order valence-electron chi connectivity index (χ0n) is 14.1. The number of nitrogen functional groups attached to an aromatic ring is 1. The Bertz CT molecular complexity index is 946. The zero-order chi connectivity index (χ0) is 20.6. The van der Waals surface area contributed by atoms with Gasteiger partial charge in [0.15, 0.2) is 0 Å². The van der Waals surface area contributed by atoms with Gasteiger partial charge in [-0.15, -0.1) is 0 Å². The van der Waals surface area contributed by atoms with E-state index in [1.54, 1.807) is 25.1 Å². The minimum Gasteiger partial charge on any atom is -0.465 e. The SMILES string of the molecule is COC(=O)c1c(C(F)(F)C(F)(F)F)cc(-c2ccccc2C)c(C#N)c1N. The number of methoxy groups -OCH3 is 1. The fourth-order valence-corrected chi connectivity index (χ4v) is 2.63. The van der Waals surface area contributed by atoms with Crippen molar-refractivity contribution in [2.75, 3.05) is 12.8 Å². The summed E-state index contributed by atoms with van der Waals surface area (Å²) >= 11 is 0. The summed E-state index contributed by atoms with van der Waals surface area (Å²) in [7, 11) is 0.804. The van der Waals surface area contributed by atoms with Crippen molar-refractivity contribution < 1.29 is 31.5 Å². The number of carbonyl (C=O) groups excluding carboxylic acids is 1. The van der Waals surface area contributed by atoms with Crippen LogP contribution in [0.1, 0.15) is 27.0 Å². The number of hydrogen-bond acceptors (Lipinski definition) is 4. The van der Waals surface area contributed by atoms with E-state index in [-0.39, 0.29) is 11.1 Å². The summed E-state index contributed by atoms with van der Waals surface area (Å²) < 4.78 is 71.6. The van der Waals surface area contributed by atoms with E-state index in [1.807, 2.05) is 0 Å². The molecule has 9 heteroatoms. The number of benzene rings is 2. The molecule has 4 nitrogen and oxygen atoms in total. The first-order valence-electron chi connectivity index (χ1n) is 7.43. The van der Waals surface area contributed by atoms with E-state index in [9.17, 15) is 32.0 Å². The highest BCUT2D eigenvalue weighted by molar-refractivity contribution is 6.00. The lowest BCUT2D eigenvalue weighted by molar-refractivity contribution is -0.289. The first-order valence-corrected chi connectivity index (χ1v) is 7.43. The first kappa shape index (κ1) is 20.2. The van der Waals surface area contributed by atoms with Crippen molar-refractivity contribution in [3.8, 4) is 17.2 Å². The van der Waals surface area contributed by atoms with Crippen molar-refractivity contribution in [3.63, 3.8) is 0 Å². The van der Waals surface area contributed by atoms with Gasteiger partial charge in [0.2, 0.25) is 0 Å². The second-order valence-corrected chi connectivity index (χ2v) is 5.63. The molecule has 0 unspecified atom stereocenters. The molecule has 0 amide bonds. The molecule has 0 saturated heterocycles. The number of aryl methyl sites for hydroxylation is 1. The van der Waals surface area contributed by atoms with Crippen molar-refractivity contribution in [3.05, 3.63) is 52.6 Å². The number of rotatable bonds is 3. The molecule has 0 aliphatic carbocycles. The van der Waals surface area contributed by atoms with Gasteiger partial charge >= 0.3 is 18.1 Å². The van der Waals surface area contributed by atoms with Gasteiger partial charge in [0, 0.05) is 11.1 Å². The quantitative estimate of drug-likeness (QED) is 0.478. The van der Waals surface area contributed by atoms with E-state index < -0.39 is 40.4 Å². The van der Waals surface area contributed by atoms with Crippen molar-refractivity contribution in [1.82, 2.24) is 0 Å². The fourth-order valence-electron chi connectivity index (χ4n) is 2.63. The van der Waals surface area contributed by atoms with Crippen LogP contribution in [0.25, 0.3) is 11.1 Å². The van der Waals surface area contributed by atoms with Gasteiger partial charge in [-0.25, -0.2) is 4.79 Å². The van der Waals surface area contributed by atoms with Crippen LogP contribution in [0.3, 0.4) is 0 Å². The number of ether oxygens (including phenoxy) is 1. The van der Waals surface area contributed by atoms with E-state index in [4.69, 9.17) is 5.73 Å². The smallest absolute Gasteiger partial charge is 0.458 e. The summed E-state index contributed by atoms with van der Waals surface area (Å²) in [4.78, 5) is 11.9. The Kier molecular flexibility index (Phi) is 5.13. The second-order valence-electron chi connectivity index (χ2n) is 5.63. The predicted molar refractivity (Wildman–Crippen MR) is 87.0 cm³/mol. The first-order chi connectivity index (χ1) is 12.5. The van der Waals surface area contributed by atoms with Gasteiger partial charge in [-0.3, -0.25) is 0 Å². The summed E-state index contributed by atoms with van der Waals surface area (Å²) in [6, 6.07) is 8.32. The molecule has 0 radical (unpaired) electrons. The Morgan fingerprint density at radius 1 is 1.15 bits per heavy atom. The molecular weight excluding hydrogens is 371 g/mol.